The Morgan fingerprint density at radius 3 is 2.33 bits per heavy atom. The first-order chi connectivity index (χ1) is 6.84. The zero-order chi connectivity index (χ0) is 11.6. The van der Waals surface area contributed by atoms with Crippen LogP contribution in [0.15, 0.2) is 24.3 Å². The van der Waals surface area contributed by atoms with Crippen molar-refractivity contribution in [3.05, 3.63) is 29.8 Å². The van der Waals surface area contributed by atoms with Gasteiger partial charge in [0.2, 0.25) is 10.0 Å². The van der Waals surface area contributed by atoms with Gasteiger partial charge in [0.15, 0.2) is 0 Å². The standard InChI is InChI=1S/C9H11NO4S/c1-10(15(2,13)14)8-6-4-3-5-7(8)9(11)12/h3-6H,1-2H3,(H,11,12)/p-1. The smallest absolute Gasteiger partial charge is 0.232 e. The van der Waals surface area contributed by atoms with Gasteiger partial charge in [-0.05, 0) is 6.07 Å². The van der Waals surface area contributed by atoms with Crippen LogP contribution in [-0.2, 0) is 10.0 Å². The van der Waals surface area contributed by atoms with Crippen molar-refractivity contribution < 1.29 is 18.3 Å². The van der Waals surface area contributed by atoms with Crippen LogP contribution < -0.4 is 9.41 Å². The van der Waals surface area contributed by atoms with Crippen molar-refractivity contribution in [2.75, 3.05) is 17.6 Å². The van der Waals surface area contributed by atoms with Gasteiger partial charge in [-0.2, -0.15) is 0 Å². The third-order valence-electron chi connectivity index (χ3n) is 1.96. The minimum atomic E-state index is -3.47. The average molecular weight is 228 g/mol. The van der Waals surface area contributed by atoms with E-state index < -0.39 is 16.0 Å². The van der Waals surface area contributed by atoms with Crippen molar-refractivity contribution in [3.8, 4) is 0 Å². The maximum atomic E-state index is 11.2. The third-order valence-corrected chi connectivity index (χ3v) is 3.15. The number of anilines is 1. The molecule has 0 aromatic heterocycles. The molecule has 0 bridgehead atoms. The Hall–Kier alpha value is -1.56. The number of carbonyl (C=O) groups is 1. The van der Waals surface area contributed by atoms with Crippen LogP contribution in [0.1, 0.15) is 10.4 Å². The molecule has 0 N–H and O–H groups in total. The van der Waals surface area contributed by atoms with Gasteiger partial charge in [-0.1, -0.05) is 18.2 Å². The summed E-state index contributed by atoms with van der Waals surface area (Å²) in [5, 5.41) is 10.7. The Morgan fingerprint density at radius 2 is 1.87 bits per heavy atom. The number of carbonyl (C=O) groups excluding carboxylic acids is 1. The molecular weight excluding hydrogens is 218 g/mol. The van der Waals surface area contributed by atoms with Gasteiger partial charge in [0.05, 0.1) is 17.9 Å². The molecule has 0 heterocycles. The zero-order valence-corrected chi connectivity index (χ0v) is 9.11. The molecule has 0 radical (unpaired) electrons. The molecule has 1 rings (SSSR count). The maximum Gasteiger partial charge on any atom is 0.232 e. The summed E-state index contributed by atoms with van der Waals surface area (Å²) in [6.45, 7) is 0. The summed E-state index contributed by atoms with van der Waals surface area (Å²) >= 11 is 0. The van der Waals surface area contributed by atoms with E-state index in [-0.39, 0.29) is 11.3 Å². The van der Waals surface area contributed by atoms with Crippen LogP contribution in [0.3, 0.4) is 0 Å². The van der Waals surface area contributed by atoms with Crippen LogP contribution in [0.2, 0.25) is 0 Å². The molecule has 0 atom stereocenters. The van der Waals surface area contributed by atoms with Gasteiger partial charge in [-0.3, -0.25) is 4.31 Å². The van der Waals surface area contributed by atoms with E-state index in [2.05, 4.69) is 0 Å². The second-order valence-electron chi connectivity index (χ2n) is 3.04. The topological polar surface area (TPSA) is 77.5 Å². The van der Waals surface area contributed by atoms with Crippen LogP contribution in [-0.4, -0.2) is 27.7 Å². The molecule has 0 amide bonds. The van der Waals surface area contributed by atoms with E-state index in [4.69, 9.17) is 0 Å². The summed E-state index contributed by atoms with van der Waals surface area (Å²) in [5.41, 5.74) is -0.0505. The lowest BCUT2D eigenvalue weighted by molar-refractivity contribution is -0.254. The van der Waals surface area contributed by atoms with Crippen molar-refractivity contribution in [2.45, 2.75) is 0 Å². The number of hydrogen-bond acceptors (Lipinski definition) is 4. The summed E-state index contributed by atoms with van der Waals surface area (Å²) < 4.78 is 23.3. The van der Waals surface area contributed by atoms with Crippen molar-refractivity contribution in [1.82, 2.24) is 0 Å². The number of nitrogens with zero attached hydrogens (tertiary/aromatic N) is 1. The lowest BCUT2D eigenvalue weighted by Crippen LogP contribution is -2.30. The highest BCUT2D eigenvalue weighted by Gasteiger charge is 2.15. The first-order valence-corrected chi connectivity index (χ1v) is 5.93. The molecule has 6 heteroatoms. The van der Waals surface area contributed by atoms with Crippen LogP contribution >= 0.6 is 0 Å². The number of benzene rings is 1. The van der Waals surface area contributed by atoms with Crippen molar-refractivity contribution >= 4 is 21.7 Å². The number of hydrogen-bond donors (Lipinski definition) is 0. The van der Waals surface area contributed by atoms with Gasteiger partial charge in [0, 0.05) is 12.6 Å². The third kappa shape index (κ3) is 2.47. The Balaban J connectivity index is 3.32. The van der Waals surface area contributed by atoms with Crippen LogP contribution in [0.4, 0.5) is 5.69 Å². The number of carboxylic acid groups (broad SMARTS) is 1. The second kappa shape index (κ2) is 3.90. The molecule has 0 spiro atoms. The Labute approximate surface area is 88.0 Å². The van der Waals surface area contributed by atoms with Gasteiger partial charge in [-0.15, -0.1) is 0 Å². The summed E-state index contributed by atoms with van der Waals surface area (Å²) in [5.74, 6) is -1.40. The largest absolute Gasteiger partial charge is 0.545 e. The van der Waals surface area contributed by atoms with E-state index in [1.165, 1.54) is 25.2 Å². The predicted molar refractivity (Wildman–Crippen MR) is 54.0 cm³/mol. The maximum absolute atomic E-state index is 11.2. The highest BCUT2D eigenvalue weighted by atomic mass is 32.2. The van der Waals surface area contributed by atoms with E-state index >= 15 is 0 Å². The highest BCUT2D eigenvalue weighted by molar-refractivity contribution is 7.92. The Morgan fingerprint density at radius 1 is 1.33 bits per heavy atom. The fraction of sp³-hybridized carbons (Fsp3) is 0.222. The first-order valence-electron chi connectivity index (χ1n) is 4.08. The molecule has 0 unspecified atom stereocenters. The molecule has 1 aromatic carbocycles. The minimum absolute atomic E-state index is 0.0972. The van der Waals surface area contributed by atoms with Crippen LogP contribution in [0, 0.1) is 0 Å². The van der Waals surface area contributed by atoms with Crippen molar-refractivity contribution in [2.24, 2.45) is 0 Å². The van der Waals surface area contributed by atoms with E-state index in [1.807, 2.05) is 0 Å². The molecular formula is C9H10NO4S-. The molecule has 0 fully saturated rings. The predicted octanol–water partition coefficient (Wildman–Crippen LogP) is -0.554. The van der Waals surface area contributed by atoms with Gasteiger partial charge < -0.3 is 9.90 Å². The molecule has 5 nitrogen and oxygen atoms in total. The van der Waals surface area contributed by atoms with Crippen LogP contribution in [0.25, 0.3) is 0 Å². The molecule has 1 aromatic rings. The lowest BCUT2D eigenvalue weighted by atomic mass is 10.2. The van der Waals surface area contributed by atoms with E-state index in [0.29, 0.717) is 0 Å². The van der Waals surface area contributed by atoms with Crippen molar-refractivity contribution in [1.29, 1.82) is 0 Å². The van der Waals surface area contributed by atoms with Gasteiger partial charge >= 0.3 is 0 Å². The number of para-hydroxylation sites is 1. The van der Waals surface area contributed by atoms with Gasteiger partial charge in [0.25, 0.3) is 0 Å². The summed E-state index contributed by atoms with van der Waals surface area (Å²) in [6, 6.07) is 5.77. The highest BCUT2D eigenvalue weighted by Crippen LogP contribution is 2.20. The number of carboxylic acids is 1. The van der Waals surface area contributed by atoms with E-state index in [9.17, 15) is 18.3 Å². The zero-order valence-electron chi connectivity index (χ0n) is 8.30. The van der Waals surface area contributed by atoms with E-state index in [1.54, 1.807) is 6.07 Å². The summed E-state index contributed by atoms with van der Waals surface area (Å²) in [7, 11) is -2.18. The van der Waals surface area contributed by atoms with E-state index in [0.717, 1.165) is 10.6 Å². The van der Waals surface area contributed by atoms with Gasteiger partial charge in [-0.25, -0.2) is 8.42 Å². The van der Waals surface area contributed by atoms with Crippen molar-refractivity contribution in [3.63, 3.8) is 0 Å². The summed E-state index contributed by atoms with van der Waals surface area (Å²) in [6.07, 6.45) is 0.999. The second-order valence-corrected chi connectivity index (χ2v) is 5.05. The average Bonchev–Trinajstić information content (AvgIpc) is 2.15. The molecule has 0 aliphatic carbocycles. The first kappa shape index (κ1) is 11.5. The molecule has 0 saturated heterocycles. The Kier molecular flexibility index (Phi) is 2.99. The number of sulfonamides is 1. The normalized spacial score (nSPS) is 11.1. The van der Waals surface area contributed by atoms with Gasteiger partial charge in [0.1, 0.15) is 0 Å². The molecule has 0 saturated carbocycles. The SMILES string of the molecule is CN(c1ccccc1C(=O)[O-])S(C)(=O)=O. The molecule has 15 heavy (non-hydrogen) atoms. The molecule has 0 aliphatic rings. The van der Waals surface area contributed by atoms with Crippen LogP contribution in [0.5, 0.6) is 0 Å². The monoisotopic (exact) mass is 228 g/mol. The minimum Gasteiger partial charge on any atom is -0.545 e. The Bertz CT molecular complexity index is 481. The number of aromatic carboxylic acids is 1. The molecule has 82 valence electrons. The fourth-order valence-electron chi connectivity index (χ4n) is 1.10. The number of rotatable bonds is 3. The quantitative estimate of drug-likeness (QED) is 0.695. The lowest BCUT2D eigenvalue weighted by Gasteiger charge is -2.20. The molecule has 0 aliphatic heterocycles. The fourth-order valence-corrected chi connectivity index (χ4v) is 1.62. The summed E-state index contributed by atoms with van der Waals surface area (Å²) in [4.78, 5) is 10.7.